The lowest BCUT2D eigenvalue weighted by atomic mass is 9.98. The second-order valence-electron chi connectivity index (χ2n) is 6.85. The van der Waals surface area contributed by atoms with Crippen LogP contribution in [0.2, 0.25) is 0 Å². The monoisotopic (exact) mass is 411 g/mol. The Morgan fingerprint density at radius 2 is 1.76 bits per heavy atom. The molecule has 2 aliphatic rings. The van der Waals surface area contributed by atoms with Crippen LogP contribution >= 0.6 is 17.0 Å². The smallest absolute Gasteiger partial charge is 0.317 e. The molecule has 1 aromatic carbocycles. The first-order chi connectivity index (χ1) is 11.5. The second-order valence-corrected chi connectivity index (χ2v) is 6.85. The van der Waals surface area contributed by atoms with E-state index >= 15 is 0 Å². The molecular weight excluding hydrogens is 386 g/mol. The molecule has 25 heavy (non-hydrogen) atoms. The highest BCUT2D eigenvalue weighted by Crippen LogP contribution is 2.36. The largest absolute Gasteiger partial charge is 0.465 e. The lowest BCUT2D eigenvalue weighted by molar-refractivity contribution is -0.157. The number of fused-ring (bicyclic) bond motifs is 2. The van der Waals surface area contributed by atoms with E-state index in [1.54, 1.807) is 0 Å². The van der Waals surface area contributed by atoms with Gasteiger partial charge in [0.25, 0.3) is 0 Å². The number of nitrogens with zero attached hydrogens (tertiary/aromatic N) is 1. The van der Waals surface area contributed by atoms with E-state index in [4.69, 9.17) is 9.47 Å². The molecule has 2 fully saturated rings. The Morgan fingerprint density at radius 1 is 1.16 bits per heavy atom. The van der Waals surface area contributed by atoms with Gasteiger partial charge >= 0.3 is 11.9 Å². The van der Waals surface area contributed by atoms with Crippen LogP contribution in [-0.4, -0.2) is 48.7 Å². The molecular formula is C19H26BrNO4. The van der Waals surface area contributed by atoms with Crippen molar-refractivity contribution < 1.29 is 19.1 Å². The third-order valence-corrected chi connectivity index (χ3v) is 5.28. The highest BCUT2D eigenvalue weighted by Gasteiger charge is 2.40. The van der Waals surface area contributed by atoms with Crippen molar-refractivity contribution in [2.75, 3.05) is 13.7 Å². The summed E-state index contributed by atoms with van der Waals surface area (Å²) in [5.74, 6) is -1.25. The average molecular weight is 412 g/mol. The summed E-state index contributed by atoms with van der Waals surface area (Å²) in [6.45, 7) is 1.37. The normalized spacial score (nSPS) is 26.4. The highest BCUT2D eigenvalue weighted by molar-refractivity contribution is 8.93. The number of piperidine rings is 1. The Bertz CT molecular complexity index is 580. The van der Waals surface area contributed by atoms with Crippen molar-refractivity contribution in [1.29, 1.82) is 0 Å². The van der Waals surface area contributed by atoms with E-state index in [9.17, 15) is 9.59 Å². The minimum Gasteiger partial charge on any atom is -0.465 e. The minimum atomic E-state index is -0.563. The topological polar surface area (TPSA) is 55.8 Å². The molecule has 0 spiro atoms. The van der Waals surface area contributed by atoms with Crippen LogP contribution in [-0.2, 0) is 19.1 Å². The zero-order chi connectivity index (χ0) is 17.1. The molecule has 0 amide bonds. The lowest BCUT2D eigenvalue weighted by Gasteiger charge is -2.36. The van der Waals surface area contributed by atoms with E-state index in [1.807, 2.05) is 30.3 Å². The van der Waals surface area contributed by atoms with E-state index in [-0.39, 0.29) is 41.6 Å². The van der Waals surface area contributed by atoms with Crippen LogP contribution in [0.5, 0.6) is 0 Å². The minimum absolute atomic E-state index is 0. The van der Waals surface area contributed by atoms with Crippen LogP contribution in [0.4, 0.5) is 0 Å². The number of carbonyl (C=O) groups excluding carboxylic acids is 2. The van der Waals surface area contributed by atoms with Gasteiger partial charge in [0.05, 0.1) is 0 Å². The van der Waals surface area contributed by atoms with E-state index in [0.717, 1.165) is 18.4 Å². The first-order valence-electron chi connectivity index (χ1n) is 8.65. The fourth-order valence-corrected chi connectivity index (χ4v) is 3.89. The summed E-state index contributed by atoms with van der Waals surface area (Å²) in [5, 5.41) is 0. The molecule has 6 heteroatoms. The Balaban J connectivity index is 0.00000225. The van der Waals surface area contributed by atoms with Crippen LogP contribution in [0.3, 0.4) is 0 Å². The summed E-state index contributed by atoms with van der Waals surface area (Å²) in [5.41, 5.74) is 0.819. The fourth-order valence-electron chi connectivity index (χ4n) is 3.89. The van der Waals surface area contributed by atoms with E-state index in [0.29, 0.717) is 12.1 Å². The maximum atomic E-state index is 12.7. The number of hydrogen-bond acceptors (Lipinski definition) is 5. The Hall–Kier alpha value is -1.40. The molecule has 0 N–H and O–H groups in total. The van der Waals surface area contributed by atoms with Crippen molar-refractivity contribution >= 4 is 28.9 Å². The van der Waals surface area contributed by atoms with Gasteiger partial charge in [-0.25, -0.2) is 0 Å². The van der Waals surface area contributed by atoms with Gasteiger partial charge in [0.2, 0.25) is 0 Å². The van der Waals surface area contributed by atoms with Crippen LogP contribution < -0.4 is 0 Å². The Morgan fingerprint density at radius 3 is 2.32 bits per heavy atom. The van der Waals surface area contributed by atoms with Crippen molar-refractivity contribution in [3.63, 3.8) is 0 Å². The molecule has 3 rings (SSSR count). The Kier molecular flexibility index (Phi) is 7.02. The van der Waals surface area contributed by atoms with Gasteiger partial charge in [-0.05, 0) is 38.3 Å². The van der Waals surface area contributed by atoms with Gasteiger partial charge in [0, 0.05) is 19.0 Å². The summed E-state index contributed by atoms with van der Waals surface area (Å²) in [6.07, 6.45) is 4.13. The highest BCUT2D eigenvalue weighted by atomic mass is 79.9. The quantitative estimate of drug-likeness (QED) is 0.696. The van der Waals surface area contributed by atoms with Gasteiger partial charge < -0.3 is 14.4 Å². The molecule has 2 saturated heterocycles. The van der Waals surface area contributed by atoms with Crippen molar-refractivity contribution in [2.45, 2.75) is 56.7 Å². The molecule has 5 nitrogen and oxygen atoms in total. The van der Waals surface area contributed by atoms with Crippen LogP contribution in [0.1, 0.15) is 44.1 Å². The third kappa shape index (κ3) is 4.82. The summed E-state index contributed by atoms with van der Waals surface area (Å²) >= 11 is 0. The van der Waals surface area contributed by atoms with Crippen LogP contribution in [0.15, 0.2) is 30.3 Å². The zero-order valence-electron chi connectivity index (χ0n) is 14.7. The van der Waals surface area contributed by atoms with Gasteiger partial charge in [0.1, 0.15) is 18.6 Å². The maximum absolute atomic E-state index is 12.7. The zero-order valence-corrected chi connectivity index (χ0v) is 16.4. The standard InChI is InChI=1S/C19H25NO4.BrH/c1-13(21)23-12-18(14-6-4-3-5-7-14)19(22)24-17-10-15-8-9-16(11-17)20(15)2;/h3-7,15-18H,8-12H2,1-2H3;1H/t15-,16+,17?,18?;. The van der Waals surface area contributed by atoms with Crippen molar-refractivity contribution in [2.24, 2.45) is 0 Å². The number of ether oxygens (including phenoxy) is 2. The average Bonchev–Trinajstić information content (AvgIpc) is 2.77. The van der Waals surface area contributed by atoms with Crippen LogP contribution in [0.25, 0.3) is 0 Å². The second kappa shape index (κ2) is 8.81. The van der Waals surface area contributed by atoms with Gasteiger partial charge in [-0.1, -0.05) is 30.3 Å². The summed E-state index contributed by atoms with van der Waals surface area (Å²) in [6, 6.07) is 10.4. The van der Waals surface area contributed by atoms with E-state index in [1.165, 1.54) is 19.8 Å². The van der Waals surface area contributed by atoms with Crippen molar-refractivity contribution in [1.82, 2.24) is 4.90 Å². The SMILES string of the molecule is Br.CC(=O)OCC(C(=O)OC1C[C@H]2CC[C@@H](C1)N2C)c1ccccc1. The summed E-state index contributed by atoms with van der Waals surface area (Å²) in [7, 11) is 2.16. The molecule has 1 aromatic rings. The van der Waals surface area contributed by atoms with Crippen LogP contribution in [0, 0.1) is 0 Å². The summed E-state index contributed by atoms with van der Waals surface area (Å²) < 4.78 is 10.9. The molecule has 2 bridgehead atoms. The molecule has 2 aliphatic heterocycles. The predicted octanol–water partition coefficient (Wildman–Crippen LogP) is 3.08. The third-order valence-electron chi connectivity index (χ3n) is 5.28. The molecule has 2 unspecified atom stereocenters. The lowest BCUT2D eigenvalue weighted by Crippen LogP contribution is -2.44. The number of carbonyl (C=O) groups is 2. The molecule has 0 saturated carbocycles. The first kappa shape index (κ1) is 19.9. The number of rotatable bonds is 5. The van der Waals surface area contributed by atoms with Gasteiger partial charge in [-0.2, -0.15) is 0 Å². The molecule has 4 atom stereocenters. The van der Waals surface area contributed by atoms with Gasteiger partial charge in [-0.3, -0.25) is 9.59 Å². The first-order valence-corrected chi connectivity index (χ1v) is 8.65. The number of hydrogen-bond donors (Lipinski definition) is 0. The van der Waals surface area contributed by atoms with E-state index in [2.05, 4.69) is 11.9 Å². The molecule has 2 heterocycles. The van der Waals surface area contributed by atoms with Crippen molar-refractivity contribution in [3.05, 3.63) is 35.9 Å². The molecule has 0 aromatic heterocycles. The fraction of sp³-hybridized carbons (Fsp3) is 0.579. The van der Waals surface area contributed by atoms with Gasteiger partial charge in [0.15, 0.2) is 0 Å². The Labute approximate surface area is 159 Å². The van der Waals surface area contributed by atoms with Crippen molar-refractivity contribution in [3.8, 4) is 0 Å². The predicted molar refractivity (Wildman–Crippen MR) is 99.8 cm³/mol. The molecule has 0 radical (unpaired) electrons. The molecule has 138 valence electrons. The van der Waals surface area contributed by atoms with Gasteiger partial charge in [-0.15, -0.1) is 17.0 Å². The number of esters is 2. The molecule has 0 aliphatic carbocycles. The number of halogens is 1. The van der Waals surface area contributed by atoms with E-state index < -0.39 is 5.92 Å². The maximum Gasteiger partial charge on any atom is 0.317 e. The number of benzene rings is 1. The summed E-state index contributed by atoms with van der Waals surface area (Å²) in [4.78, 5) is 26.3.